The van der Waals surface area contributed by atoms with Crippen LogP contribution in [0.2, 0.25) is 0 Å². The monoisotopic (exact) mass is 424 g/mol. The van der Waals surface area contributed by atoms with Gasteiger partial charge < -0.3 is 9.47 Å². The number of hydrogen-bond donors (Lipinski definition) is 0. The number of carbonyl (C=O) groups is 1. The van der Waals surface area contributed by atoms with Gasteiger partial charge in [0.1, 0.15) is 17.3 Å². The molecule has 0 heterocycles. The van der Waals surface area contributed by atoms with Crippen molar-refractivity contribution in [2.24, 2.45) is 11.8 Å². The largest absolute Gasteiger partial charge is 0.493 e. The third-order valence-corrected chi connectivity index (χ3v) is 5.48. The van der Waals surface area contributed by atoms with Crippen LogP contribution in [-0.4, -0.2) is 12.6 Å². The maximum absolute atomic E-state index is 14.3. The van der Waals surface area contributed by atoms with Crippen LogP contribution in [0.4, 0.5) is 17.6 Å². The zero-order valence-corrected chi connectivity index (χ0v) is 16.7. The third kappa shape index (κ3) is 5.52. The lowest BCUT2D eigenvalue weighted by atomic mass is 9.80. The molecule has 2 aromatic carbocycles. The van der Waals surface area contributed by atoms with E-state index < -0.39 is 40.6 Å². The van der Waals surface area contributed by atoms with Crippen LogP contribution in [0.1, 0.15) is 55.8 Å². The Morgan fingerprint density at radius 1 is 0.900 bits per heavy atom. The number of hydrogen-bond acceptors (Lipinski definition) is 3. The highest BCUT2D eigenvalue weighted by Gasteiger charge is 2.22. The summed E-state index contributed by atoms with van der Waals surface area (Å²) in [6.45, 7) is 2.68. The maximum Gasteiger partial charge on any atom is 0.346 e. The second-order valence-electron chi connectivity index (χ2n) is 7.72. The average molecular weight is 424 g/mol. The quantitative estimate of drug-likeness (QED) is 0.222. The third-order valence-electron chi connectivity index (χ3n) is 5.48. The highest BCUT2D eigenvalue weighted by atomic mass is 19.2. The van der Waals surface area contributed by atoms with Crippen LogP contribution in [0.5, 0.6) is 11.5 Å². The summed E-state index contributed by atoms with van der Waals surface area (Å²) in [5.41, 5.74) is -0.424. The van der Waals surface area contributed by atoms with Crippen LogP contribution in [0.15, 0.2) is 30.3 Å². The summed E-state index contributed by atoms with van der Waals surface area (Å²) in [7, 11) is 0. The molecule has 1 aliphatic rings. The number of esters is 1. The van der Waals surface area contributed by atoms with E-state index in [1.807, 2.05) is 0 Å². The van der Waals surface area contributed by atoms with Gasteiger partial charge in [0.05, 0.1) is 12.2 Å². The normalized spacial score (nSPS) is 18.8. The van der Waals surface area contributed by atoms with E-state index in [1.165, 1.54) is 37.8 Å². The van der Waals surface area contributed by atoms with Gasteiger partial charge in [-0.3, -0.25) is 0 Å². The van der Waals surface area contributed by atoms with E-state index in [0.29, 0.717) is 30.4 Å². The Bertz CT molecular complexity index is 869. The summed E-state index contributed by atoms with van der Waals surface area (Å²) in [5.74, 6) is -5.79. The van der Waals surface area contributed by atoms with Crippen molar-refractivity contribution in [3.8, 4) is 11.5 Å². The van der Waals surface area contributed by atoms with Crippen molar-refractivity contribution < 1.29 is 31.8 Å². The molecule has 0 atom stereocenters. The number of benzene rings is 2. The molecule has 0 unspecified atom stereocenters. The van der Waals surface area contributed by atoms with Crippen molar-refractivity contribution in [3.63, 3.8) is 0 Å². The smallest absolute Gasteiger partial charge is 0.346 e. The second kappa shape index (κ2) is 9.96. The minimum atomic E-state index is -1.68. The molecule has 0 N–H and O–H groups in total. The van der Waals surface area contributed by atoms with Crippen molar-refractivity contribution in [2.45, 2.75) is 45.4 Å². The van der Waals surface area contributed by atoms with Crippen LogP contribution in [0, 0.1) is 35.1 Å². The molecule has 0 amide bonds. The average Bonchev–Trinajstić information content (AvgIpc) is 2.71. The van der Waals surface area contributed by atoms with Gasteiger partial charge in [-0.05, 0) is 36.8 Å². The summed E-state index contributed by atoms with van der Waals surface area (Å²) < 4.78 is 64.2. The highest BCUT2D eigenvalue weighted by molar-refractivity contribution is 5.91. The van der Waals surface area contributed by atoms with E-state index in [0.717, 1.165) is 24.8 Å². The lowest BCUT2D eigenvalue weighted by Gasteiger charge is -2.28. The fraction of sp³-hybridized carbons (Fsp3) is 0.435. The van der Waals surface area contributed by atoms with E-state index in [4.69, 9.17) is 9.47 Å². The molecular weight excluding hydrogens is 400 g/mol. The first-order valence-corrected chi connectivity index (χ1v) is 10.2. The standard InChI is InChI=1S/C23H24F4O3/c1-2-3-14-4-6-15(7-5-14)13-29-16-8-9-18(19(24)10-16)23(28)30-17-11-20(25)22(27)21(26)12-17/h8-12,14-15H,2-7,13H2,1H3/t14-,15-. The maximum atomic E-state index is 14.3. The number of rotatable bonds is 7. The Balaban J connectivity index is 1.56. The molecule has 1 saturated carbocycles. The summed E-state index contributed by atoms with van der Waals surface area (Å²) in [6, 6.07) is 4.72. The molecule has 30 heavy (non-hydrogen) atoms. The Morgan fingerprint density at radius 3 is 2.10 bits per heavy atom. The number of ether oxygens (including phenoxy) is 2. The fourth-order valence-corrected chi connectivity index (χ4v) is 3.81. The number of carbonyl (C=O) groups excluding carboxylic acids is 1. The van der Waals surface area contributed by atoms with Gasteiger partial charge in [-0.1, -0.05) is 32.6 Å². The van der Waals surface area contributed by atoms with Gasteiger partial charge in [-0.25, -0.2) is 22.4 Å². The Hall–Kier alpha value is -2.57. The van der Waals surface area contributed by atoms with Crippen molar-refractivity contribution in [2.75, 3.05) is 6.61 Å². The van der Waals surface area contributed by atoms with Crippen LogP contribution in [0.3, 0.4) is 0 Å². The molecule has 1 fully saturated rings. The first-order valence-electron chi connectivity index (χ1n) is 10.2. The Kier molecular flexibility index (Phi) is 7.34. The summed E-state index contributed by atoms with van der Waals surface area (Å²) in [6.07, 6.45) is 7.00. The molecule has 0 saturated heterocycles. The van der Waals surface area contributed by atoms with Gasteiger partial charge in [0.2, 0.25) is 0 Å². The Morgan fingerprint density at radius 2 is 1.50 bits per heavy atom. The van der Waals surface area contributed by atoms with Crippen molar-refractivity contribution in [1.29, 1.82) is 0 Å². The van der Waals surface area contributed by atoms with E-state index in [1.54, 1.807) is 0 Å². The predicted octanol–water partition coefficient (Wildman–Crippen LogP) is 6.45. The van der Waals surface area contributed by atoms with E-state index in [-0.39, 0.29) is 0 Å². The van der Waals surface area contributed by atoms with Crippen molar-refractivity contribution >= 4 is 5.97 Å². The first kappa shape index (κ1) is 22.1. The van der Waals surface area contributed by atoms with Gasteiger partial charge in [0.25, 0.3) is 0 Å². The SMILES string of the molecule is CCC[C@H]1CC[C@H](COc2ccc(C(=O)Oc3cc(F)c(F)c(F)c3)c(F)c2)CC1. The van der Waals surface area contributed by atoms with E-state index in [9.17, 15) is 22.4 Å². The predicted molar refractivity (Wildman–Crippen MR) is 104 cm³/mol. The molecule has 0 aliphatic heterocycles. The zero-order valence-electron chi connectivity index (χ0n) is 16.7. The van der Waals surface area contributed by atoms with Crippen LogP contribution in [0.25, 0.3) is 0 Å². The van der Waals surface area contributed by atoms with Crippen molar-refractivity contribution in [1.82, 2.24) is 0 Å². The zero-order chi connectivity index (χ0) is 21.7. The molecule has 0 spiro atoms. The summed E-state index contributed by atoms with van der Waals surface area (Å²) >= 11 is 0. The molecule has 0 aromatic heterocycles. The number of halogens is 4. The first-order chi connectivity index (χ1) is 14.4. The van der Waals surface area contributed by atoms with Gasteiger partial charge in [0.15, 0.2) is 17.5 Å². The van der Waals surface area contributed by atoms with Gasteiger partial charge in [-0.2, -0.15) is 0 Å². The minimum Gasteiger partial charge on any atom is -0.493 e. The van der Waals surface area contributed by atoms with Crippen LogP contribution < -0.4 is 9.47 Å². The molecule has 1 aliphatic carbocycles. The topological polar surface area (TPSA) is 35.5 Å². The molecule has 162 valence electrons. The molecule has 0 bridgehead atoms. The fourth-order valence-electron chi connectivity index (χ4n) is 3.81. The van der Waals surface area contributed by atoms with E-state index in [2.05, 4.69) is 6.92 Å². The summed E-state index contributed by atoms with van der Waals surface area (Å²) in [4.78, 5) is 12.1. The van der Waals surface area contributed by atoms with Crippen LogP contribution >= 0.6 is 0 Å². The minimum absolute atomic E-state index is 0.290. The lowest BCUT2D eigenvalue weighted by Crippen LogP contribution is -2.20. The molecule has 2 aromatic rings. The van der Waals surface area contributed by atoms with E-state index >= 15 is 0 Å². The highest BCUT2D eigenvalue weighted by Crippen LogP contribution is 2.32. The van der Waals surface area contributed by atoms with Gasteiger partial charge in [0, 0.05) is 18.2 Å². The molecule has 7 heteroatoms. The second-order valence-corrected chi connectivity index (χ2v) is 7.72. The van der Waals surface area contributed by atoms with Crippen LogP contribution in [-0.2, 0) is 0 Å². The molecule has 0 radical (unpaired) electrons. The lowest BCUT2D eigenvalue weighted by molar-refractivity contribution is 0.0728. The molecule has 3 rings (SSSR count). The summed E-state index contributed by atoms with van der Waals surface area (Å²) in [5, 5.41) is 0. The van der Waals surface area contributed by atoms with Gasteiger partial charge >= 0.3 is 5.97 Å². The van der Waals surface area contributed by atoms with Gasteiger partial charge in [-0.15, -0.1) is 0 Å². The molecule has 3 nitrogen and oxygen atoms in total. The Labute approximate surface area is 173 Å². The molecular formula is C23H24F4O3. The van der Waals surface area contributed by atoms with Crippen molar-refractivity contribution in [3.05, 3.63) is 59.2 Å².